The Hall–Kier alpha value is -1.31. The van der Waals surface area contributed by atoms with E-state index in [1.54, 1.807) is 0 Å². The highest BCUT2D eigenvalue weighted by Crippen LogP contribution is 2.38. The molecular formula is C15H18N2OS. The molecule has 2 fully saturated rings. The van der Waals surface area contributed by atoms with Crippen molar-refractivity contribution >= 4 is 17.2 Å². The largest absolute Gasteiger partial charge is 0.337 e. The van der Waals surface area contributed by atoms with Crippen molar-refractivity contribution in [2.45, 2.75) is 19.3 Å². The number of hydrogen-bond acceptors (Lipinski definition) is 3. The van der Waals surface area contributed by atoms with Gasteiger partial charge < -0.3 is 10.6 Å². The van der Waals surface area contributed by atoms with Gasteiger partial charge in [-0.05, 0) is 36.1 Å². The molecule has 3 rings (SSSR count). The molecule has 1 amide bonds. The van der Waals surface area contributed by atoms with Crippen LogP contribution in [-0.4, -0.2) is 30.4 Å². The quantitative estimate of drug-likeness (QED) is 0.795. The molecule has 4 heteroatoms. The molecule has 2 aliphatic rings. The first-order chi connectivity index (χ1) is 9.29. The van der Waals surface area contributed by atoms with Crippen molar-refractivity contribution in [3.63, 3.8) is 0 Å². The van der Waals surface area contributed by atoms with Crippen LogP contribution in [0, 0.1) is 23.7 Å². The normalized spacial score (nSPS) is 25.0. The lowest BCUT2D eigenvalue weighted by molar-refractivity contribution is 0.0785. The van der Waals surface area contributed by atoms with Gasteiger partial charge in [0.2, 0.25) is 0 Å². The van der Waals surface area contributed by atoms with Crippen molar-refractivity contribution in [1.29, 1.82) is 0 Å². The summed E-state index contributed by atoms with van der Waals surface area (Å²) in [6.07, 6.45) is 3.92. The third kappa shape index (κ3) is 2.41. The second kappa shape index (κ2) is 5.36. The molecule has 1 aliphatic carbocycles. The fourth-order valence-corrected chi connectivity index (χ4v) is 4.08. The van der Waals surface area contributed by atoms with E-state index in [1.165, 1.54) is 30.6 Å². The molecule has 2 unspecified atom stereocenters. The van der Waals surface area contributed by atoms with Gasteiger partial charge >= 0.3 is 0 Å². The number of fused-ring (bicyclic) bond motifs is 1. The van der Waals surface area contributed by atoms with E-state index < -0.39 is 0 Å². The van der Waals surface area contributed by atoms with Crippen LogP contribution in [0.2, 0.25) is 0 Å². The predicted octanol–water partition coefficient (Wildman–Crippen LogP) is 1.93. The van der Waals surface area contributed by atoms with E-state index in [-0.39, 0.29) is 5.91 Å². The van der Waals surface area contributed by atoms with Crippen molar-refractivity contribution in [3.8, 4) is 11.8 Å². The topological polar surface area (TPSA) is 46.3 Å². The van der Waals surface area contributed by atoms with Gasteiger partial charge in [0.1, 0.15) is 4.88 Å². The Bertz CT molecular complexity index is 528. The van der Waals surface area contributed by atoms with Crippen LogP contribution in [0.1, 0.15) is 34.5 Å². The van der Waals surface area contributed by atoms with Crippen molar-refractivity contribution in [1.82, 2.24) is 4.90 Å². The Morgan fingerprint density at radius 1 is 1.42 bits per heavy atom. The standard InChI is InChI=1S/C15H18N2OS/c16-7-2-5-11-6-8-19-14(11)15(18)17-9-12-3-1-4-13(12)10-17/h6,8,12-13H,1,3-4,7,9-10,16H2. The summed E-state index contributed by atoms with van der Waals surface area (Å²) in [5, 5.41) is 1.94. The van der Waals surface area contributed by atoms with Crippen molar-refractivity contribution < 1.29 is 4.79 Å². The minimum absolute atomic E-state index is 0.158. The Morgan fingerprint density at radius 2 is 2.16 bits per heavy atom. The van der Waals surface area contributed by atoms with Gasteiger partial charge in [-0.2, -0.15) is 0 Å². The maximum absolute atomic E-state index is 12.6. The van der Waals surface area contributed by atoms with Crippen LogP contribution in [0.4, 0.5) is 0 Å². The number of carbonyl (C=O) groups excluding carboxylic acids is 1. The zero-order valence-electron chi connectivity index (χ0n) is 10.9. The third-order valence-electron chi connectivity index (χ3n) is 4.20. The van der Waals surface area contributed by atoms with E-state index in [0.29, 0.717) is 6.54 Å². The van der Waals surface area contributed by atoms with Crippen LogP contribution in [0.3, 0.4) is 0 Å². The number of rotatable bonds is 1. The molecule has 0 spiro atoms. The molecule has 1 aromatic heterocycles. The molecule has 1 saturated carbocycles. The van der Waals surface area contributed by atoms with Gasteiger partial charge in [-0.25, -0.2) is 0 Å². The summed E-state index contributed by atoms with van der Waals surface area (Å²) >= 11 is 1.49. The summed E-state index contributed by atoms with van der Waals surface area (Å²) in [7, 11) is 0. The molecule has 100 valence electrons. The Balaban J connectivity index is 1.76. The van der Waals surface area contributed by atoms with Gasteiger partial charge in [0, 0.05) is 18.7 Å². The molecular weight excluding hydrogens is 256 g/mol. The minimum Gasteiger partial charge on any atom is -0.337 e. The second-order valence-electron chi connectivity index (χ2n) is 5.33. The fraction of sp³-hybridized carbons (Fsp3) is 0.533. The highest BCUT2D eigenvalue weighted by molar-refractivity contribution is 7.12. The molecule has 1 saturated heterocycles. The van der Waals surface area contributed by atoms with E-state index >= 15 is 0 Å². The maximum atomic E-state index is 12.6. The fourth-order valence-electron chi connectivity index (χ4n) is 3.26. The smallest absolute Gasteiger partial charge is 0.265 e. The average Bonchev–Trinajstić information content (AvgIpc) is 3.09. The van der Waals surface area contributed by atoms with Gasteiger partial charge in [0.25, 0.3) is 5.91 Å². The van der Waals surface area contributed by atoms with E-state index in [0.717, 1.165) is 35.4 Å². The molecule has 1 aliphatic heterocycles. The second-order valence-corrected chi connectivity index (χ2v) is 6.25. The van der Waals surface area contributed by atoms with E-state index in [2.05, 4.69) is 11.8 Å². The van der Waals surface area contributed by atoms with Crippen molar-refractivity contribution in [2.75, 3.05) is 19.6 Å². The maximum Gasteiger partial charge on any atom is 0.265 e. The number of hydrogen-bond donors (Lipinski definition) is 1. The van der Waals surface area contributed by atoms with Crippen LogP contribution in [0.15, 0.2) is 11.4 Å². The van der Waals surface area contributed by atoms with Crippen molar-refractivity contribution in [2.24, 2.45) is 17.6 Å². The number of carbonyl (C=O) groups is 1. The predicted molar refractivity (Wildman–Crippen MR) is 77.0 cm³/mol. The SMILES string of the molecule is NCC#Cc1ccsc1C(=O)N1CC2CCCC2C1. The number of nitrogens with two attached hydrogens (primary N) is 1. The van der Waals surface area contributed by atoms with E-state index in [1.807, 2.05) is 16.3 Å². The lowest BCUT2D eigenvalue weighted by atomic mass is 10.0. The highest BCUT2D eigenvalue weighted by atomic mass is 32.1. The molecule has 1 aromatic rings. The lowest BCUT2D eigenvalue weighted by Gasteiger charge is -2.16. The number of nitrogens with zero attached hydrogens (tertiary/aromatic N) is 1. The van der Waals surface area contributed by atoms with Gasteiger partial charge in [-0.1, -0.05) is 18.3 Å². The summed E-state index contributed by atoms with van der Waals surface area (Å²) in [4.78, 5) is 15.4. The summed E-state index contributed by atoms with van der Waals surface area (Å²) in [6, 6.07) is 1.91. The van der Waals surface area contributed by atoms with E-state index in [4.69, 9.17) is 5.73 Å². The van der Waals surface area contributed by atoms with Crippen LogP contribution in [-0.2, 0) is 0 Å². The van der Waals surface area contributed by atoms with Gasteiger partial charge in [-0.15, -0.1) is 11.3 Å². The highest BCUT2D eigenvalue weighted by Gasteiger charge is 2.38. The van der Waals surface area contributed by atoms with Crippen LogP contribution >= 0.6 is 11.3 Å². The minimum atomic E-state index is 0.158. The first-order valence-corrected chi connectivity index (χ1v) is 7.73. The summed E-state index contributed by atoms with van der Waals surface area (Å²) in [6.45, 7) is 2.20. The lowest BCUT2D eigenvalue weighted by Crippen LogP contribution is -2.29. The van der Waals surface area contributed by atoms with Gasteiger partial charge in [-0.3, -0.25) is 4.79 Å². The Labute approximate surface area is 117 Å². The van der Waals surface area contributed by atoms with Crippen molar-refractivity contribution in [3.05, 3.63) is 21.9 Å². The van der Waals surface area contributed by atoms with Crippen LogP contribution < -0.4 is 5.73 Å². The average molecular weight is 274 g/mol. The van der Waals surface area contributed by atoms with Gasteiger partial charge in [0.15, 0.2) is 0 Å². The van der Waals surface area contributed by atoms with Crippen LogP contribution in [0.25, 0.3) is 0 Å². The molecule has 0 aromatic carbocycles. The molecule has 2 heterocycles. The summed E-state index contributed by atoms with van der Waals surface area (Å²) in [5.74, 6) is 7.46. The first kappa shape index (κ1) is 12.7. The third-order valence-corrected chi connectivity index (χ3v) is 5.10. The van der Waals surface area contributed by atoms with E-state index in [9.17, 15) is 4.79 Å². The summed E-state index contributed by atoms with van der Waals surface area (Å²) in [5.41, 5.74) is 6.22. The molecule has 2 atom stereocenters. The molecule has 2 N–H and O–H groups in total. The molecule has 0 bridgehead atoms. The van der Waals surface area contributed by atoms with Gasteiger partial charge in [0.05, 0.1) is 6.54 Å². The van der Waals surface area contributed by atoms with Crippen LogP contribution in [0.5, 0.6) is 0 Å². The monoisotopic (exact) mass is 274 g/mol. The number of thiophene rings is 1. The number of amides is 1. The first-order valence-electron chi connectivity index (χ1n) is 6.85. The summed E-state index contributed by atoms with van der Waals surface area (Å²) < 4.78 is 0. The number of likely N-dealkylation sites (tertiary alicyclic amines) is 1. The Morgan fingerprint density at radius 3 is 2.84 bits per heavy atom. The molecule has 0 radical (unpaired) electrons. The zero-order chi connectivity index (χ0) is 13.2. The Kier molecular flexibility index (Phi) is 3.58. The molecule has 19 heavy (non-hydrogen) atoms. The zero-order valence-corrected chi connectivity index (χ0v) is 11.7. The molecule has 3 nitrogen and oxygen atoms in total.